The molecule has 0 aliphatic carbocycles. The number of rotatable bonds is 17. The number of fused-ring (bicyclic) bond motifs is 2. The number of benzene rings is 1. The zero-order valence-corrected chi connectivity index (χ0v) is 26.3. The molecule has 7 heteroatoms. The number of unbranched alkanes of at least 4 members (excludes halogenated alkanes) is 8. The molecule has 3 rings (SSSR count). The van der Waals surface area contributed by atoms with E-state index in [1.165, 1.54) is 62.7 Å². The van der Waals surface area contributed by atoms with Crippen LogP contribution in [0.15, 0.2) is 45.7 Å². The Morgan fingerprint density at radius 2 is 1.72 bits per heavy atom. The normalized spacial score (nSPS) is 24.3. The minimum Gasteiger partial charge on any atom is -0.461 e. The van der Waals surface area contributed by atoms with Gasteiger partial charge in [-0.25, -0.2) is 4.39 Å². The van der Waals surface area contributed by atoms with E-state index in [1.54, 1.807) is 7.11 Å². The fourth-order valence-corrected chi connectivity index (χ4v) is 6.62. The first-order chi connectivity index (χ1) is 19.0. The van der Waals surface area contributed by atoms with Gasteiger partial charge in [-0.15, -0.1) is 0 Å². The van der Waals surface area contributed by atoms with Crippen LogP contribution in [-0.4, -0.2) is 42.7 Å². The van der Waals surface area contributed by atoms with Crippen molar-refractivity contribution in [3.05, 3.63) is 57.1 Å². The summed E-state index contributed by atoms with van der Waals surface area (Å²) in [6.45, 7) is 5.17. The summed E-state index contributed by atoms with van der Waals surface area (Å²) in [6.07, 6.45) is 15.9. The number of hydrogen-bond donors (Lipinski definition) is 1. The number of piperidine rings is 1. The lowest BCUT2D eigenvalue weighted by Crippen LogP contribution is -2.47. The number of carbonyl (C=O) groups is 1. The van der Waals surface area contributed by atoms with E-state index >= 15 is 0 Å². The summed E-state index contributed by atoms with van der Waals surface area (Å²) in [4.78, 5) is 20.8. The second kappa shape index (κ2) is 17.4. The molecule has 0 spiro atoms. The van der Waals surface area contributed by atoms with E-state index in [-0.39, 0.29) is 35.9 Å². The van der Waals surface area contributed by atoms with E-state index in [0.717, 1.165) is 49.9 Å². The maximum absolute atomic E-state index is 13.8. The maximum Gasteiger partial charge on any atom is 0.306 e. The molecule has 0 saturated carbocycles. The van der Waals surface area contributed by atoms with Gasteiger partial charge >= 0.3 is 5.97 Å². The lowest BCUT2D eigenvalue weighted by Gasteiger charge is -2.42. The van der Waals surface area contributed by atoms with E-state index in [1.807, 2.05) is 16.2 Å². The third-order valence-corrected chi connectivity index (χ3v) is 8.80. The predicted molar refractivity (Wildman–Crippen MR) is 165 cm³/mol. The average Bonchev–Trinajstić information content (AvgIpc) is 3.16. The number of nitrogens with zero attached hydrogens (tertiary/aromatic N) is 1. The number of hydroxylamine groups is 1. The van der Waals surface area contributed by atoms with Crippen molar-refractivity contribution in [3.8, 4) is 0 Å². The second-order valence-electron chi connectivity index (χ2n) is 10.9. The zero-order chi connectivity index (χ0) is 28.0. The average molecular weight is 655 g/mol. The molecule has 4 unspecified atom stereocenters. The van der Waals surface area contributed by atoms with Crippen LogP contribution in [0.1, 0.15) is 109 Å². The molecule has 4 atom stereocenters. The van der Waals surface area contributed by atoms with Gasteiger partial charge in [0.2, 0.25) is 0 Å². The molecule has 2 heterocycles. The van der Waals surface area contributed by atoms with Crippen LogP contribution in [0.4, 0.5) is 4.39 Å². The molecule has 0 amide bonds. The van der Waals surface area contributed by atoms with Crippen LogP contribution in [-0.2, 0) is 14.4 Å². The van der Waals surface area contributed by atoms with Crippen LogP contribution in [0.25, 0.3) is 0 Å². The highest BCUT2D eigenvalue weighted by atomic mass is 127. The van der Waals surface area contributed by atoms with Crippen LogP contribution in [0.2, 0.25) is 0 Å². The van der Waals surface area contributed by atoms with Crippen molar-refractivity contribution in [2.75, 3.05) is 13.7 Å². The molecule has 2 bridgehead atoms. The van der Waals surface area contributed by atoms with Crippen LogP contribution in [0.3, 0.4) is 0 Å². The monoisotopic (exact) mass is 654 g/mol. The third kappa shape index (κ3) is 9.28. The standard InChI is InChI=1S/C32H48FIN2O3/c1-4-6-7-8-9-10-11-12-13-15-31(37)39-30-23-29-32(27(5-2)35-38-3)26(24-16-18-25(33)19-17-24)22-28(30)36(29)21-14-20-34/h14,16-20,26,28-30,35H,4-13,15,21-23H2,1-3H3. The van der Waals surface area contributed by atoms with E-state index in [2.05, 4.69) is 52.9 Å². The van der Waals surface area contributed by atoms with E-state index in [0.29, 0.717) is 6.42 Å². The topological polar surface area (TPSA) is 50.8 Å². The minimum atomic E-state index is -0.231. The van der Waals surface area contributed by atoms with Crippen molar-refractivity contribution in [2.24, 2.45) is 0 Å². The van der Waals surface area contributed by atoms with Gasteiger partial charge in [0.1, 0.15) is 11.9 Å². The van der Waals surface area contributed by atoms with Crippen LogP contribution in [0.5, 0.6) is 0 Å². The Morgan fingerprint density at radius 1 is 1.05 bits per heavy atom. The molecule has 5 nitrogen and oxygen atoms in total. The highest BCUT2D eigenvalue weighted by Gasteiger charge is 2.51. The first-order valence-electron chi connectivity index (χ1n) is 15.0. The highest BCUT2D eigenvalue weighted by Crippen LogP contribution is 2.49. The Hall–Kier alpha value is -1.45. The Bertz CT molecular complexity index is 936. The van der Waals surface area contributed by atoms with Gasteiger partial charge in [0.25, 0.3) is 0 Å². The summed E-state index contributed by atoms with van der Waals surface area (Å²) >= 11 is 2.26. The first kappa shape index (κ1) is 32.1. The SMILES string of the molecule is CCCCCCCCCCCC(=O)OC1CC2C(=C(CC)NOC)C(c3ccc(F)cc3)CC1N2CC=CI. The number of allylic oxidation sites excluding steroid dienone is 1. The molecule has 1 aromatic rings. The largest absolute Gasteiger partial charge is 0.461 e. The van der Waals surface area contributed by atoms with Gasteiger partial charge in [-0.05, 0) is 46.6 Å². The lowest BCUT2D eigenvalue weighted by molar-refractivity contribution is -0.150. The summed E-state index contributed by atoms with van der Waals surface area (Å²) in [6, 6.07) is 7.11. The number of hydrogen-bond acceptors (Lipinski definition) is 5. The quantitative estimate of drug-likeness (QED) is 0.0792. The van der Waals surface area contributed by atoms with Gasteiger partial charge in [0, 0.05) is 43.1 Å². The van der Waals surface area contributed by atoms with Crippen molar-refractivity contribution >= 4 is 28.6 Å². The molecule has 218 valence electrons. The number of esters is 1. The van der Waals surface area contributed by atoms with E-state index < -0.39 is 0 Å². The Kier molecular flexibility index (Phi) is 14.3. The minimum absolute atomic E-state index is 0.0746. The number of nitrogens with one attached hydrogen (secondary N) is 1. The molecule has 2 saturated heterocycles. The number of halogens is 2. The Morgan fingerprint density at radius 3 is 2.33 bits per heavy atom. The molecule has 39 heavy (non-hydrogen) atoms. The first-order valence-corrected chi connectivity index (χ1v) is 16.3. The molecule has 2 aliphatic heterocycles. The van der Waals surface area contributed by atoms with Crippen molar-refractivity contribution < 1.29 is 18.8 Å². The summed E-state index contributed by atoms with van der Waals surface area (Å²) in [5, 5.41) is 0. The number of carbonyl (C=O) groups excluding carboxylic acids is 1. The van der Waals surface area contributed by atoms with Gasteiger partial charge in [-0.2, -0.15) is 0 Å². The van der Waals surface area contributed by atoms with E-state index in [4.69, 9.17) is 9.57 Å². The smallest absolute Gasteiger partial charge is 0.306 e. The molecule has 2 aliphatic rings. The van der Waals surface area contributed by atoms with Gasteiger partial charge in [-0.1, -0.05) is 106 Å². The van der Waals surface area contributed by atoms with Gasteiger partial charge < -0.3 is 4.74 Å². The molecule has 0 aromatic heterocycles. The van der Waals surface area contributed by atoms with Crippen LogP contribution in [0, 0.1) is 5.82 Å². The Balaban J connectivity index is 1.69. The van der Waals surface area contributed by atoms with Gasteiger partial charge in [0.15, 0.2) is 0 Å². The highest BCUT2D eigenvalue weighted by molar-refractivity contribution is 14.1. The summed E-state index contributed by atoms with van der Waals surface area (Å²) in [5.41, 5.74) is 6.55. The van der Waals surface area contributed by atoms with Crippen molar-refractivity contribution in [2.45, 2.75) is 121 Å². The molecular weight excluding hydrogens is 606 g/mol. The van der Waals surface area contributed by atoms with E-state index in [9.17, 15) is 9.18 Å². The molecule has 1 N–H and O–H groups in total. The Labute approximate surface area is 249 Å². The molecular formula is C32H48FIN2O3. The predicted octanol–water partition coefficient (Wildman–Crippen LogP) is 8.35. The van der Waals surface area contributed by atoms with Crippen molar-refractivity contribution in [1.29, 1.82) is 0 Å². The number of ether oxygens (including phenoxy) is 1. The maximum atomic E-state index is 13.8. The van der Waals surface area contributed by atoms with Gasteiger partial charge in [-0.3, -0.25) is 20.0 Å². The van der Waals surface area contributed by atoms with Crippen molar-refractivity contribution in [1.82, 2.24) is 10.4 Å². The van der Waals surface area contributed by atoms with Crippen molar-refractivity contribution in [3.63, 3.8) is 0 Å². The van der Waals surface area contributed by atoms with Crippen LogP contribution >= 0.6 is 22.6 Å². The van der Waals surface area contributed by atoms with Crippen LogP contribution < -0.4 is 5.48 Å². The summed E-state index contributed by atoms with van der Waals surface area (Å²) < 4.78 is 22.0. The van der Waals surface area contributed by atoms with Gasteiger partial charge in [0.05, 0.1) is 7.11 Å². The zero-order valence-electron chi connectivity index (χ0n) is 24.1. The molecule has 0 radical (unpaired) electrons. The summed E-state index contributed by atoms with van der Waals surface area (Å²) in [7, 11) is 1.64. The lowest BCUT2D eigenvalue weighted by atomic mass is 9.79. The molecule has 2 fully saturated rings. The third-order valence-electron chi connectivity index (χ3n) is 8.29. The fourth-order valence-electron chi connectivity index (χ4n) is 6.39. The summed E-state index contributed by atoms with van der Waals surface area (Å²) in [5.74, 6) is -0.195. The second-order valence-corrected chi connectivity index (χ2v) is 11.6. The molecule has 1 aromatic carbocycles. The fraction of sp³-hybridized carbons (Fsp3) is 0.656.